The van der Waals surface area contributed by atoms with E-state index < -0.39 is 6.04 Å². The number of carbonyl (C=O) groups is 1. The van der Waals surface area contributed by atoms with Gasteiger partial charge in [0, 0.05) is 22.6 Å². The van der Waals surface area contributed by atoms with Gasteiger partial charge >= 0.3 is 0 Å². The Bertz CT molecular complexity index is 1110. The lowest BCUT2D eigenvalue weighted by Crippen LogP contribution is -2.25. The average molecular weight is 423 g/mol. The van der Waals surface area contributed by atoms with Gasteiger partial charge in [-0.3, -0.25) is 14.4 Å². The Morgan fingerprint density at radius 3 is 2.69 bits per heavy atom. The van der Waals surface area contributed by atoms with Crippen LogP contribution in [0.3, 0.4) is 0 Å². The van der Waals surface area contributed by atoms with Crippen LogP contribution in [0.4, 0.5) is 0 Å². The summed E-state index contributed by atoms with van der Waals surface area (Å²) < 4.78 is 2.01. The molecule has 0 saturated carbocycles. The first-order valence-electron chi connectivity index (χ1n) is 9.44. The molecule has 0 saturated heterocycles. The van der Waals surface area contributed by atoms with Gasteiger partial charge in [-0.25, -0.2) is 0 Å². The number of aliphatic imine (C=N–C) groups is 1. The number of amides is 1. The van der Waals surface area contributed by atoms with Crippen LogP contribution >= 0.6 is 21.9 Å². The molecule has 2 atom stereocenters. The SMILES string of the molecule is CCNC(=O)C[C@@H]1N=C(c2ccc(S)cc2)c2cc(P)ccc2-n2c(C)nnc21. The second-order valence-electron chi connectivity index (χ2n) is 6.92. The predicted octanol–water partition coefficient (Wildman–Crippen LogP) is 2.78. The molecule has 2 heterocycles. The van der Waals surface area contributed by atoms with E-state index in [1.807, 2.05) is 48.7 Å². The number of nitrogens with zero attached hydrogens (tertiary/aromatic N) is 4. The van der Waals surface area contributed by atoms with Gasteiger partial charge in [-0.2, -0.15) is 0 Å². The molecule has 4 rings (SSSR count). The van der Waals surface area contributed by atoms with Gasteiger partial charge in [0.05, 0.1) is 17.8 Å². The predicted molar refractivity (Wildman–Crippen MR) is 121 cm³/mol. The van der Waals surface area contributed by atoms with Gasteiger partial charge in [0.15, 0.2) is 5.82 Å². The summed E-state index contributed by atoms with van der Waals surface area (Å²) in [5.41, 5.74) is 3.74. The number of rotatable bonds is 4. The zero-order valence-corrected chi connectivity index (χ0v) is 18.3. The molecular formula is C21H22N5OPS. The number of carbonyl (C=O) groups excluding carboxylic acids is 1. The molecule has 148 valence electrons. The highest BCUT2D eigenvalue weighted by atomic mass is 32.1. The fourth-order valence-corrected chi connectivity index (χ4v) is 3.96. The largest absolute Gasteiger partial charge is 0.356 e. The lowest BCUT2D eigenvalue weighted by atomic mass is 10.0. The molecule has 1 aliphatic heterocycles. The summed E-state index contributed by atoms with van der Waals surface area (Å²) in [7, 11) is 2.74. The maximum atomic E-state index is 12.4. The Balaban J connectivity index is 1.95. The summed E-state index contributed by atoms with van der Waals surface area (Å²) >= 11 is 4.40. The van der Waals surface area contributed by atoms with E-state index in [1.165, 1.54) is 0 Å². The minimum Gasteiger partial charge on any atom is -0.356 e. The van der Waals surface area contributed by atoms with Crippen molar-refractivity contribution in [3.63, 3.8) is 0 Å². The van der Waals surface area contributed by atoms with Crippen molar-refractivity contribution in [2.75, 3.05) is 6.54 Å². The first-order valence-corrected chi connectivity index (χ1v) is 10.5. The van der Waals surface area contributed by atoms with Crippen LogP contribution in [0.25, 0.3) is 5.69 Å². The molecule has 2 aromatic carbocycles. The van der Waals surface area contributed by atoms with Crippen molar-refractivity contribution >= 4 is 38.8 Å². The first-order chi connectivity index (χ1) is 14.0. The summed E-state index contributed by atoms with van der Waals surface area (Å²) in [6.07, 6.45) is 0.210. The van der Waals surface area contributed by atoms with E-state index in [9.17, 15) is 4.79 Å². The van der Waals surface area contributed by atoms with Crippen LogP contribution in [0.15, 0.2) is 52.4 Å². The second kappa shape index (κ2) is 8.09. The number of thiol groups is 1. The zero-order chi connectivity index (χ0) is 20.5. The molecular weight excluding hydrogens is 401 g/mol. The van der Waals surface area contributed by atoms with Gasteiger partial charge in [-0.15, -0.1) is 32.1 Å². The molecule has 6 nitrogen and oxygen atoms in total. The van der Waals surface area contributed by atoms with Crippen LogP contribution in [-0.4, -0.2) is 32.9 Å². The molecule has 3 aromatic rings. The minimum absolute atomic E-state index is 0.0591. The van der Waals surface area contributed by atoms with E-state index in [4.69, 9.17) is 4.99 Å². The smallest absolute Gasteiger partial charge is 0.222 e. The van der Waals surface area contributed by atoms with Crippen molar-refractivity contribution in [1.82, 2.24) is 20.1 Å². The van der Waals surface area contributed by atoms with Crippen molar-refractivity contribution in [3.05, 3.63) is 65.2 Å². The molecule has 1 N–H and O–H groups in total. The van der Waals surface area contributed by atoms with E-state index in [0.29, 0.717) is 12.4 Å². The third-order valence-corrected chi connectivity index (χ3v) is 5.50. The van der Waals surface area contributed by atoms with Crippen LogP contribution in [0.2, 0.25) is 0 Å². The highest BCUT2D eigenvalue weighted by molar-refractivity contribution is 7.80. The zero-order valence-electron chi connectivity index (χ0n) is 16.3. The van der Waals surface area contributed by atoms with Crippen molar-refractivity contribution in [2.24, 2.45) is 4.99 Å². The van der Waals surface area contributed by atoms with E-state index in [2.05, 4.69) is 49.5 Å². The molecule has 1 unspecified atom stereocenters. The Labute approximate surface area is 177 Å². The minimum atomic E-state index is -0.436. The Hall–Kier alpha value is -2.50. The normalized spacial score (nSPS) is 15.2. The van der Waals surface area contributed by atoms with E-state index >= 15 is 0 Å². The molecule has 0 radical (unpaired) electrons. The molecule has 1 amide bonds. The summed E-state index contributed by atoms with van der Waals surface area (Å²) in [4.78, 5) is 18.3. The van der Waals surface area contributed by atoms with Crippen LogP contribution in [0.5, 0.6) is 0 Å². The fourth-order valence-electron chi connectivity index (χ4n) is 3.54. The van der Waals surface area contributed by atoms with Crippen molar-refractivity contribution in [2.45, 2.75) is 31.2 Å². The van der Waals surface area contributed by atoms with Crippen LogP contribution in [-0.2, 0) is 4.79 Å². The van der Waals surface area contributed by atoms with Gasteiger partial charge in [0.25, 0.3) is 0 Å². The topological polar surface area (TPSA) is 72.2 Å². The number of aromatic nitrogens is 3. The van der Waals surface area contributed by atoms with Crippen LogP contribution in [0.1, 0.15) is 42.2 Å². The van der Waals surface area contributed by atoms with Crippen molar-refractivity contribution in [1.29, 1.82) is 0 Å². The van der Waals surface area contributed by atoms with E-state index in [1.54, 1.807) is 0 Å². The van der Waals surface area contributed by atoms with E-state index in [0.717, 1.165) is 38.6 Å². The number of nitrogens with one attached hydrogen (secondary N) is 1. The molecule has 1 aliphatic rings. The number of hydrogen-bond acceptors (Lipinski definition) is 5. The van der Waals surface area contributed by atoms with Gasteiger partial charge in [0.1, 0.15) is 11.9 Å². The summed E-state index contributed by atoms with van der Waals surface area (Å²) in [5, 5.41) is 12.6. The average Bonchev–Trinajstić information content (AvgIpc) is 3.01. The van der Waals surface area contributed by atoms with Gasteiger partial charge in [-0.05, 0) is 43.4 Å². The molecule has 29 heavy (non-hydrogen) atoms. The standard InChI is InChI=1S/C21H22N5OPS/c1-3-22-19(27)11-17-21-25-24-12(2)26(21)18-9-6-14(28)10-16(18)20(23-17)13-4-7-15(29)8-5-13/h4-10,17,29H,3,11,28H2,1-2H3,(H,22,27)/t17-/m0/s1. The number of benzene rings is 2. The van der Waals surface area contributed by atoms with Crippen LogP contribution in [0, 0.1) is 6.92 Å². The monoisotopic (exact) mass is 423 g/mol. The Kier molecular flexibility index (Phi) is 5.52. The van der Waals surface area contributed by atoms with E-state index in [-0.39, 0.29) is 12.3 Å². The number of aryl methyl sites for hydroxylation is 1. The maximum absolute atomic E-state index is 12.4. The molecule has 0 spiro atoms. The quantitative estimate of drug-likeness (QED) is 0.501. The third kappa shape index (κ3) is 3.85. The van der Waals surface area contributed by atoms with Gasteiger partial charge < -0.3 is 5.32 Å². The molecule has 1 aromatic heterocycles. The molecule has 0 fully saturated rings. The maximum Gasteiger partial charge on any atom is 0.222 e. The molecule has 8 heteroatoms. The van der Waals surface area contributed by atoms with Gasteiger partial charge in [0.2, 0.25) is 5.91 Å². The Morgan fingerprint density at radius 2 is 1.97 bits per heavy atom. The van der Waals surface area contributed by atoms with Crippen LogP contribution < -0.4 is 10.6 Å². The summed E-state index contributed by atoms with van der Waals surface area (Å²) in [5.74, 6) is 1.38. The lowest BCUT2D eigenvalue weighted by Gasteiger charge is -2.13. The lowest BCUT2D eigenvalue weighted by molar-refractivity contribution is -0.121. The number of fused-ring (bicyclic) bond motifs is 3. The summed E-state index contributed by atoms with van der Waals surface area (Å²) in [6.45, 7) is 4.40. The van der Waals surface area contributed by atoms with Crippen molar-refractivity contribution < 1.29 is 4.79 Å². The second-order valence-corrected chi connectivity index (χ2v) is 8.10. The summed E-state index contributed by atoms with van der Waals surface area (Å²) in [6, 6.07) is 13.6. The highest BCUT2D eigenvalue weighted by Crippen LogP contribution is 2.32. The Morgan fingerprint density at radius 1 is 1.21 bits per heavy atom. The fraction of sp³-hybridized carbons (Fsp3) is 0.238. The van der Waals surface area contributed by atoms with Gasteiger partial charge in [-0.1, -0.05) is 18.2 Å². The third-order valence-electron chi connectivity index (χ3n) is 4.84. The first kappa shape index (κ1) is 19.8. The molecule has 0 bridgehead atoms. The molecule has 0 aliphatic carbocycles. The number of hydrogen-bond donors (Lipinski definition) is 2. The van der Waals surface area contributed by atoms with Crippen molar-refractivity contribution in [3.8, 4) is 5.69 Å². The highest BCUT2D eigenvalue weighted by Gasteiger charge is 2.29.